The number of aliphatic hydroxyl groups excluding tert-OH is 1. The van der Waals surface area contributed by atoms with Crippen LogP contribution < -0.4 is 5.32 Å². The number of aliphatic hydroxyl groups is 1. The molecule has 0 spiro atoms. The lowest BCUT2D eigenvalue weighted by molar-refractivity contribution is -0.127. The van der Waals surface area contributed by atoms with Crippen LogP contribution in [-0.2, 0) is 0 Å². The van der Waals surface area contributed by atoms with Gasteiger partial charge in [0.15, 0.2) is 0 Å². The molecule has 0 amide bonds. The van der Waals surface area contributed by atoms with Crippen molar-refractivity contribution in [1.29, 1.82) is 0 Å². The van der Waals surface area contributed by atoms with E-state index in [0.717, 1.165) is 0 Å². The maximum absolute atomic E-state index is 11.7. The van der Waals surface area contributed by atoms with E-state index in [1.165, 1.54) is 0 Å². The molecule has 0 rings (SSSR count). The first-order chi connectivity index (χ1) is 5.85. The van der Waals surface area contributed by atoms with Gasteiger partial charge in [0.25, 0.3) is 0 Å². The number of alkyl halides is 3. The highest BCUT2D eigenvalue weighted by molar-refractivity contribution is 4.69. The van der Waals surface area contributed by atoms with Crippen LogP contribution in [0.25, 0.3) is 0 Å². The Morgan fingerprint density at radius 1 is 1.31 bits per heavy atom. The molecule has 0 aliphatic heterocycles. The third-order valence-electron chi connectivity index (χ3n) is 1.57. The summed E-state index contributed by atoms with van der Waals surface area (Å²) in [6.07, 6.45) is -3.66. The van der Waals surface area contributed by atoms with Gasteiger partial charge in [-0.05, 0) is 12.3 Å². The smallest absolute Gasteiger partial charge is 0.395 e. The van der Waals surface area contributed by atoms with Crippen LogP contribution in [0.3, 0.4) is 0 Å². The molecule has 0 saturated carbocycles. The third-order valence-corrected chi connectivity index (χ3v) is 1.57. The predicted molar refractivity (Wildman–Crippen MR) is 44.4 cm³/mol. The van der Waals surface area contributed by atoms with Gasteiger partial charge in [0.1, 0.15) is 0 Å². The zero-order chi connectivity index (χ0) is 10.5. The summed E-state index contributed by atoms with van der Waals surface area (Å²) in [5, 5.41) is 11.0. The zero-order valence-corrected chi connectivity index (χ0v) is 7.86. The molecule has 0 aromatic rings. The maximum atomic E-state index is 11.7. The largest absolute Gasteiger partial charge is 0.401 e. The second kappa shape index (κ2) is 5.44. The van der Waals surface area contributed by atoms with Gasteiger partial charge in [0.2, 0.25) is 0 Å². The summed E-state index contributed by atoms with van der Waals surface area (Å²) < 4.78 is 35.2. The number of nitrogens with one attached hydrogen (secondary N) is 1. The zero-order valence-electron chi connectivity index (χ0n) is 7.86. The van der Waals surface area contributed by atoms with E-state index in [9.17, 15) is 13.2 Å². The van der Waals surface area contributed by atoms with E-state index < -0.39 is 18.8 Å². The highest BCUT2D eigenvalue weighted by Gasteiger charge is 2.27. The van der Waals surface area contributed by atoms with Crippen molar-refractivity contribution in [3.05, 3.63) is 0 Å². The number of halogens is 3. The van der Waals surface area contributed by atoms with Crippen molar-refractivity contribution in [2.75, 3.05) is 13.2 Å². The summed E-state index contributed by atoms with van der Waals surface area (Å²) in [5.41, 5.74) is 0. The van der Waals surface area contributed by atoms with E-state index in [-0.39, 0.29) is 12.5 Å². The van der Waals surface area contributed by atoms with Crippen LogP contribution in [0.5, 0.6) is 0 Å². The molecule has 0 fully saturated rings. The summed E-state index contributed by atoms with van der Waals surface area (Å²) in [6, 6.07) is -0.457. The van der Waals surface area contributed by atoms with Crippen molar-refractivity contribution in [3.8, 4) is 0 Å². The van der Waals surface area contributed by atoms with Gasteiger partial charge in [-0.25, -0.2) is 0 Å². The van der Waals surface area contributed by atoms with E-state index in [2.05, 4.69) is 5.32 Å². The minimum atomic E-state index is -4.20. The number of rotatable bonds is 5. The highest BCUT2D eigenvalue weighted by atomic mass is 19.4. The fourth-order valence-corrected chi connectivity index (χ4v) is 1.05. The van der Waals surface area contributed by atoms with Crippen LogP contribution in [0.15, 0.2) is 0 Å². The molecule has 0 radical (unpaired) electrons. The van der Waals surface area contributed by atoms with Crippen LogP contribution >= 0.6 is 0 Å². The molecule has 0 saturated heterocycles. The summed E-state index contributed by atoms with van der Waals surface area (Å²) in [7, 11) is 0. The van der Waals surface area contributed by atoms with E-state index in [4.69, 9.17) is 5.11 Å². The molecule has 0 aliphatic carbocycles. The van der Waals surface area contributed by atoms with Crippen molar-refractivity contribution in [1.82, 2.24) is 5.32 Å². The lowest BCUT2D eigenvalue weighted by Crippen LogP contribution is -2.39. The molecule has 0 bridgehead atoms. The SMILES string of the molecule is CC(C)CC(CO)NCC(F)(F)F. The topological polar surface area (TPSA) is 32.3 Å². The monoisotopic (exact) mass is 199 g/mol. The van der Waals surface area contributed by atoms with E-state index in [0.29, 0.717) is 6.42 Å². The molecule has 1 atom stereocenters. The minimum absolute atomic E-state index is 0.256. The molecule has 13 heavy (non-hydrogen) atoms. The molecule has 2 nitrogen and oxygen atoms in total. The van der Waals surface area contributed by atoms with Crippen LogP contribution in [0, 0.1) is 5.92 Å². The number of hydrogen-bond donors (Lipinski definition) is 2. The fourth-order valence-electron chi connectivity index (χ4n) is 1.05. The van der Waals surface area contributed by atoms with E-state index >= 15 is 0 Å². The van der Waals surface area contributed by atoms with Gasteiger partial charge in [0.05, 0.1) is 13.2 Å². The lowest BCUT2D eigenvalue weighted by atomic mass is 10.0. The van der Waals surface area contributed by atoms with Crippen molar-refractivity contribution < 1.29 is 18.3 Å². The molecule has 1 unspecified atom stereocenters. The quantitative estimate of drug-likeness (QED) is 0.704. The fraction of sp³-hybridized carbons (Fsp3) is 1.00. The van der Waals surface area contributed by atoms with E-state index in [1.807, 2.05) is 13.8 Å². The van der Waals surface area contributed by atoms with Gasteiger partial charge < -0.3 is 10.4 Å². The van der Waals surface area contributed by atoms with Crippen molar-refractivity contribution in [2.45, 2.75) is 32.5 Å². The molecule has 5 heteroatoms. The molecule has 0 aromatic carbocycles. The summed E-state index contributed by atoms with van der Waals surface area (Å²) in [5.74, 6) is 0.276. The number of hydrogen-bond acceptors (Lipinski definition) is 2. The summed E-state index contributed by atoms with van der Waals surface area (Å²) >= 11 is 0. The first kappa shape index (κ1) is 12.7. The third kappa shape index (κ3) is 8.05. The Bertz CT molecular complexity index is 136. The van der Waals surface area contributed by atoms with Gasteiger partial charge in [-0.2, -0.15) is 13.2 Å². The molecular weight excluding hydrogens is 183 g/mol. The Morgan fingerprint density at radius 3 is 2.15 bits per heavy atom. The second-order valence-corrected chi connectivity index (χ2v) is 3.51. The summed E-state index contributed by atoms with van der Waals surface area (Å²) in [6.45, 7) is 2.51. The lowest BCUT2D eigenvalue weighted by Gasteiger charge is -2.19. The summed E-state index contributed by atoms with van der Waals surface area (Å²) in [4.78, 5) is 0. The predicted octanol–water partition coefficient (Wildman–Crippen LogP) is 1.55. The Labute approximate surface area is 76.1 Å². The van der Waals surface area contributed by atoms with Gasteiger partial charge in [0, 0.05) is 6.04 Å². The average Bonchev–Trinajstić information content (AvgIpc) is 1.95. The Morgan fingerprint density at radius 2 is 1.85 bits per heavy atom. The molecule has 0 heterocycles. The Balaban J connectivity index is 3.72. The van der Waals surface area contributed by atoms with Crippen molar-refractivity contribution in [3.63, 3.8) is 0 Å². The van der Waals surface area contributed by atoms with Gasteiger partial charge >= 0.3 is 6.18 Å². The van der Waals surface area contributed by atoms with Crippen LogP contribution in [0.1, 0.15) is 20.3 Å². The molecule has 0 aromatic heterocycles. The van der Waals surface area contributed by atoms with Gasteiger partial charge in [-0.1, -0.05) is 13.8 Å². The minimum Gasteiger partial charge on any atom is -0.395 e. The van der Waals surface area contributed by atoms with Crippen LogP contribution in [0.4, 0.5) is 13.2 Å². The van der Waals surface area contributed by atoms with Crippen LogP contribution in [0.2, 0.25) is 0 Å². The Kier molecular flexibility index (Phi) is 5.32. The van der Waals surface area contributed by atoms with Crippen molar-refractivity contribution in [2.24, 2.45) is 5.92 Å². The van der Waals surface area contributed by atoms with Gasteiger partial charge in [-0.15, -0.1) is 0 Å². The second-order valence-electron chi connectivity index (χ2n) is 3.51. The first-order valence-corrected chi connectivity index (χ1v) is 4.26. The highest BCUT2D eigenvalue weighted by Crippen LogP contribution is 2.13. The molecular formula is C8H16F3NO. The molecule has 0 aliphatic rings. The molecule has 2 N–H and O–H groups in total. The normalized spacial score (nSPS) is 15.0. The van der Waals surface area contributed by atoms with Crippen LogP contribution in [-0.4, -0.2) is 30.5 Å². The van der Waals surface area contributed by atoms with Gasteiger partial charge in [-0.3, -0.25) is 0 Å². The first-order valence-electron chi connectivity index (χ1n) is 4.26. The average molecular weight is 199 g/mol. The Hall–Kier alpha value is -0.290. The van der Waals surface area contributed by atoms with Crippen molar-refractivity contribution >= 4 is 0 Å². The standard InChI is InChI=1S/C8H16F3NO/c1-6(2)3-7(4-13)12-5-8(9,10)11/h6-7,12-13H,3-5H2,1-2H3. The maximum Gasteiger partial charge on any atom is 0.401 e. The molecule has 80 valence electrons. The van der Waals surface area contributed by atoms with E-state index in [1.54, 1.807) is 0 Å².